The van der Waals surface area contributed by atoms with Gasteiger partial charge in [0.2, 0.25) is 0 Å². The number of benzene rings is 3. The van der Waals surface area contributed by atoms with E-state index >= 15 is 0 Å². The van der Waals surface area contributed by atoms with Gasteiger partial charge in [0.05, 0.1) is 23.2 Å². The van der Waals surface area contributed by atoms with Crippen LogP contribution in [0.5, 0.6) is 11.5 Å². The molecule has 0 aliphatic carbocycles. The Bertz CT molecular complexity index is 1200. The number of nitro benzene ring substituents is 1. The van der Waals surface area contributed by atoms with Gasteiger partial charge in [0.1, 0.15) is 12.4 Å². The largest absolute Gasteiger partial charge is 0.490 e. The van der Waals surface area contributed by atoms with Gasteiger partial charge in [0, 0.05) is 16.6 Å². The van der Waals surface area contributed by atoms with Crippen molar-refractivity contribution in [3.05, 3.63) is 97.8 Å². The van der Waals surface area contributed by atoms with Gasteiger partial charge < -0.3 is 9.47 Å². The molecule has 3 aromatic rings. The standard InChI is InChI=1S/C24H18BrFN2O4/c1-2-31-23-12-18(10-19(14-27)17-4-3-5-21(11-17)28(29)30)22(25)13-24(23)32-15-16-6-8-20(26)9-7-16/h3-13H,2,15H2,1H3. The van der Waals surface area contributed by atoms with E-state index in [4.69, 9.17) is 9.47 Å². The van der Waals surface area contributed by atoms with E-state index in [1.54, 1.807) is 36.4 Å². The molecule has 0 unspecified atom stereocenters. The predicted molar refractivity (Wildman–Crippen MR) is 123 cm³/mol. The number of non-ortho nitro benzene ring substituents is 1. The normalized spacial score (nSPS) is 11.0. The van der Waals surface area contributed by atoms with Crippen molar-refractivity contribution in [2.45, 2.75) is 13.5 Å². The zero-order chi connectivity index (χ0) is 23.1. The van der Waals surface area contributed by atoms with Crippen LogP contribution in [0.25, 0.3) is 11.6 Å². The van der Waals surface area contributed by atoms with Crippen LogP contribution in [0.2, 0.25) is 0 Å². The Balaban J connectivity index is 1.93. The maximum absolute atomic E-state index is 13.1. The number of hydrogen-bond acceptors (Lipinski definition) is 5. The number of nitrogens with zero attached hydrogens (tertiary/aromatic N) is 2. The topological polar surface area (TPSA) is 85.4 Å². The fourth-order valence-corrected chi connectivity index (χ4v) is 3.34. The molecule has 0 aliphatic rings. The molecule has 0 aliphatic heterocycles. The lowest BCUT2D eigenvalue weighted by atomic mass is 10.0. The zero-order valence-corrected chi connectivity index (χ0v) is 18.6. The Labute approximate surface area is 192 Å². The fraction of sp³-hybridized carbons (Fsp3) is 0.125. The summed E-state index contributed by atoms with van der Waals surface area (Å²) in [6, 6.07) is 17.4. The van der Waals surface area contributed by atoms with Crippen LogP contribution in [0.1, 0.15) is 23.6 Å². The molecule has 0 heterocycles. The molecular formula is C24H18BrFN2O4. The van der Waals surface area contributed by atoms with Crippen LogP contribution in [0.3, 0.4) is 0 Å². The first kappa shape index (κ1) is 23.0. The first-order valence-corrected chi connectivity index (χ1v) is 10.4. The number of allylic oxidation sites excluding steroid dienone is 1. The molecule has 3 rings (SSSR count). The van der Waals surface area contributed by atoms with E-state index in [0.29, 0.717) is 33.7 Å². The first-order chi connectivity index (χ1) is 15.4. The van der Waals surface area contributed by atoms with Crippen molar-refractivity contribution in [3.63, 3.8) is 0 Å². The molecule has 0 fully saturated rings. The van der Waals surface area contributed by atoms with Crippen molar-refractivity contribution in [2.24, 2.45) is 0 Å². The Kier molecular flexibility index (Phi) is 7.58. The summed E-state index contributed by atoms with van der Waals surface area (Å²) in [4.78, 5) is 10.6. The zero-order valence-electron chi connectivity index (χ0n) is 17.0. The van der Waals surface area contributed by atoms with Crippen molar-refractivity contribution < 1.29 is 18.8 Å². The second-order valence-corrected chi connectivity index (χ2v) is 7.50. The molecule has 0 saturated heterocycles. The average molecular weight is 497 g/mol. The molecule has 0 amide bonds. The minimum atomic E-state index is -0.505. The van der Waals surface area contributed by atoms with Crippen molar-refractivity contribution in [1.29, 1.82) is 5.26 Å². The second-order valence-electron chi connectivity index (χ2n) is 6.65. The summed E-state index contributed by atoms with van der Waals surface area (Å²) in [5, 5.41) is 20.7. The quantitative estimate of drug-likeness (QED) is 0.153. The lowest BCUT2D eigenvalue weighted by Crippen LogP contribution is -2.00. The Hall–Kier alpha value is -3.70. The third kappa shape index (κ3) is 5.71. The summed E-state index contributed by atoms with van der Waals surface area (Å²) >= 11 is 3.49. The van der Waals surface area contributed by atoms with Crippen LogP contribution in [0.4, 0.5) is 10.1 Å². The van der Waals surface area contributed by atoms with E-state index < -0.39 is 4.92 Å². The average Bonchev–Trinajstić information content (AvgIpc) is 2.79. The number of ether oxygens (including phenoxy) is 2. The summed E-state index contributed by atoms with van der Waals surface area (Å²) in [6.45, 7) is 2.46. The molecule has 0 N–H and O–H groups in total. The van der Waals surface area contributed by atoms with Gasteiger partial charge in [0.25, 0.3) is 5.69 Å². The molecule has 3 aromatic carbocycles. The third-order valence-corrected chi connectivity index (χ3v) is 5.15. The van der Waals surface area contributed by atoms with Crippen molar-refractivity contribution in [3.8, 4) is 17.6 Å². The van der Waals surface area contributed by atoms with Crippen LogP contribution in [0.15, 0.2) is 65.1 Å². The monoisotopic (exact) mass is 496 g/mol. The molecular weight excluding hydrogens is 479 g/mol. The molecule has 0 aromatic heterocycles. The summed E-state index contributed by atoms with van der Waals surface area (Å²) in [7, 11) is 0. The SMILES string of the molecule is CCOc1cc(C=C(C#N)c2cccc([N+](=O)[O-])c2)c(Br)cc1OCc1ccc(F)cc1. The summed E-state index contributed by atoms with van der Waals surface area (Å²) in [6.07, 6.45) is 1.62. The van der Waals surface area contributed by atoms with E-state index in [-0.39, 0.29) is 23.7 Å². The molecule has 0 spiro atoms. The number of rotatable bonds is 8. The van der Waals surface area contributed by atoms with Crippen LogP contribution in [0, 0.1) is 27.3 Å². The maximum Gasteiger partial charge on any atom is 0.270 e. The number of nitriles is 1. The molecule has 0 saturated carbocycles. The molecule has 0 atom stereocenters. The van der Waals surface area contributed by atoms with Crippen LogP contribution >= 0.6 is 15.9 Å². The van der Waals surface area contributed by atoms with E-state index in [1.807, 2.05) is 6.92 Å². The minimum Gasteiger partial charge on any atom is -0.490 e. The number of hydrogen-bond donors (Lipinski definition) is 0. The van der Waals surface area contributed by atoms with Gasteiger partial charge in [-0.1, -0.05) is 40.2 Å². The van der Waals surface area contributed by atoms with Crippen LogP contribution in [-0.4, -0.2) is 11.5 Å². The summed E-state index contributed by atoms with van der Waals surface area (Å²) in [5.41, 5.74) is 2.04. The molecule has 162 valence electrons. The summed E-state index contributed by atoms with van der Waals surface area (Å²) in [5.74, 6) is 0.633. The maximum atomic E-state index is 13.1. The van der Waals surface area contributed by atoms with Crippen LogP contribution in [-0.2, 0) is 6.61 Å². The Morgan fingerprint density at radius 2 is 1.88 bits per heavy atom. The fourth-order valence-electron chi connectivity index (χ4n) is 2.91. The van der Waals surface area contributed by atoms with Gasteiger partial charge in [0.15, 0.2) is 11.5 Å². The first-order valence-electron chi connectivity index (χ1n) is 9.61. The van der Waals surface area contributed by atoms with Crippen molar-refractivity contribution in [2.75, 3.05) is 6.61 Å². The van der Waals surface area contributed by atoms with Crippen molar-refractivity contribution >= 4 is 33.3 Å². The Morgan fingerprint density at radius 3 is 2.53 bits per heavy atom. The van der Waals surface area contributed by atoms with Gasteiger partial charge >= 0.3 is 0 Å². The van der Waals surface area contributed by atoms with E-state index in [0.717, 1.165) is 5.56 Å². The highest BCUT2D eigenvalue weighted by molar-refractivity contribution is 9.10. The number of nitro groups is 1. The Morgan fingerprint density at radius 1 is 1.16 bits per heavy atom. The highest BCUT2D eigenvalue weighted by atomic mass is 79.9. The van der Waals surface area contributed by atoms with Gasteiger partial charge in [-0.2, -0.15) is 5.26 Å². The molecule has 6 nitrogen and oxygen atoms in total. The van der Waals surface area contributed by atoms with E-state index in [9.17, 15) is 19.8 Å². The van der Waals surface area contributed by atoms with E-state index in [1.165, 1.54) is 30.3 Å². The third-order valence-electron chi connectivity index (χ3n) is 4.46. The summed E-state index contributed by atoms with van der Waals surface area (Å²) < 4.78 is 25.3. The van der Waals surface area contributed by atoms with Crippen LogP contribution < -0.4 is 9.47 Å². The lowest BCUT2D eigenvalue weighted by Gasteiger charge is -2.14. The van der Waals surface area contributed by atoms with Gasteiger partial charge in [-0.25, -0.2) is 4.39 Å². The minimum absolute atomic E-state index is 0.0951. The molecule has 0 radical (unpaired) electrons. The molecule has 8 heteroatoms. The highest BCUT2D eigenvalue weighted by Crippen LogP contribution is 2.36. The van der Waals surface area contributed by atoms with Crippen molar-refractivity contribution in [1.82, 2.24) is 0 Å². The number of halogens is 2. The van der Waals surface area contributed by atoms with E-state index in [2.05, 4.69) is 22.0 Å². The second kappa shape index (κ2) is 10.6. The lowest BCUT2D eigenvalue weighted by molar-refractivity contribution is -0.384. The predicted octanol–water partition coefficient (Wildman–Crippen LogP) is 6.54. The van der Waals surface area contributed by atoms with Gasteiger partial charge in [-0.15, -0.1) is 0 Å². The smallest absolute Gasteiger partial charge is 0.270 e. The van der Waals surface area contributed by atoms with Gasteiger partial charge in [-0.3, -0.25) is 10.1 Å². The highest BCUT2D eigenvalue weighted by Gasteiger charge is 2.13. The molecule has 0 bridgehead atoms. The molecule has 32 heavy (non-hydrogen) atoms. The van der Waals surface area contributed by atoms with Gasteiger partial charge in [-0.05, 0) is 54.0 Å².